The summed E-state index contributed by atoms with van der Waals surface area (Å²) in [6.07, 6.45) is 3.65. The Hall–Kier alpha value is -3.69. The molecule has 4 amide bonds. The van der Waals surface area contributed by atoms with Crippen molar-refractivity contribution in [3.8, 4) is 5.75 Å². The fraction of sp³-hybridized carbons (Fsp3) is 0. The molecule has 0 radical (unpaired) electrons. The molecule has 1 aliphatic rings. The molecular weight excluding hydrogens is 753 g/mol. The van der Waals surface area contributed by atoms with Gasteiger partial charge in [-0.05, 0) is 92.6 Å². The molecule has 1 fully saturated rings. The van der Waals surface area contributed by atoms with Gasteiger partial charge in [-0.1, -0.05) is 28.1 Å². The molecule has 196 valence electrons. The van der Waals surface area contributed by atoms with Crippen LogP contribution in [0.4, 0.5) is 16.2 Å². The number of halogens is 3. The smallest absolute Gasteiger partial charge is 0.336 e. The molecule has 3 aromatic carbocycles. The number of carbonyl (C=O) groups excluding carboxylic acids is 4. The average Bonchev–Trinajstić information content (AvgIpc) is 2.88. The highest BCUT2D eigenvalue weighted by atomic mass is 127. The maximum absolute atomic E-state index is 13.3. The summed E-state index contributed by atoms with van der Waals surface area (Å²) in [5.74, 6) is -2.59. The predicted octanol–water partition coefficient (Wildman–Crippen LogP) is 6.01. The summed E-state index contributed by atoms with van der Waals surface area (Å²) in [5, 5.41) is 13.1. The highest BCUT2D eigenvalue weighted by Crippen LogP contribution is 2.35. The second kappa shape index (κ2) is 12.0. The molecular formula is C26H14Br2IN3O7. The summed E-state index contributed by atoms with van der Waals surface area (Å²) in [4.78, 5) is 62.3. The van der Waals surface area contributed by atoms with Gasteiger partial charge in [-0.2, -0.15) is 0 Å². The van der Waals surface area contributed by atoms with Crippen molar-refractivity contribution in [3.05, 3.63) is 106 Å². The normalized spacial score (nSPS) is 14.6. The average molecular weight is 767 g/mol. The SMILES string of the molecule is O=C(/C=C/c1cccc([N+](=O)[O-])c1)Oc1c(Br)cc(Br)cc1/C=C1/C(=O)NC(=O)N(c2ccc(I)cc2)C1=O. The molecule has 39 heavy (non-hydrogen) atoms. The number of nitrogens with one attached hydrogen (secondary N) is 1. The van der Waals surface area contributed by atoms with E-state index < -0.39 is 28.7 Å². The van der Waals surface area contributed by atoms with E-state index >= 15 is 0 Å². The lowest BCUT2D eigenvalue weighted by Crippen LogP contribution is -2.54. The largest absolute Gasteiger partial charge is 0.422 e. The molecule has 0 aliphatic carbocycles. The summed E-state index contributed by atoms with van der Waals surface area (Å²) in [6, 6.07) is 14.5. The number of non-ortho nitro benzene ring substituents is 1. The lowest BCUT2D eigenvalue weighted by atomic mass is 10.1. The number of barbiturate groups is 1. The number of amides is 4. The number of hydrogen-bond acceptors (Lipinski definition) is 7. The van der Waals surface area contributed by atoms with Crippen molar-refractivity contribution in [3.63, 3.8) is 0 Å². The topological polar surface area (TPSA) is 136 Å². The van der Waals surface area contributed by atoms with Crippen LogP contribution >= 0.6 is 54.5 Å². The predicted molar refractivity (Wildman–Crippen MR) is 158 cm³/mol. The molecule has 1 heterocycles. The van der Waals surface area contributed by atoms with E-state index in [1.807, 2.05) is 0 Å². The molecule has 0 saturated carbocycles. The van der Waals surface area contributed by atoms with Gasteiger partial charge in [-0.15, -0.1) is 0 Å². The first kappa shape index (κ1) is 28.3. The van der Waals surface area contributed by atoms with Crippen LogP contribution < -0.4 is 15.0 Å². The Morgan fingerprint density at radius 2 is 1.77 bits per heavy atom. The highest BCUT2D eigenvalue weighted by Gasteiger charge is 2.37. The van der Waals surface area contributed by atoms with Crippen LogP contribution in [-0.2, 0) is 14.4 Å². The minimum atomic E-state index is -0.911. The third-order valence-corrected chi connectivity index (χ3v) is 6.99. The Bertz CT molecular complexity index is 1600. The maximum Gasteiger partial charge on any atom is 0.336 e. The van der Waals surface area contributed by atoms with E-state index in [9.17, 15) is 29.3 Å². The number of nitro groups is 1. The number of carbonyl (C=O) groups is 4. The molecule has 13 heteroatoms. The van der Waals surface area contributed by atoms with E-state index in [1.165, 1.54) is 36.4 Å². The van der Waals surface area contributed by atoms with Gasteiger partial charge in [0.1, 0.15) is 5.57 Å². The number of rotatable bonds is 6. The molecule has 1 aliphatic heterocycles. The number of benzene rings is 3. The van der Waals surface area contributed by atoms with Crippen molar-refractivity contribution in [2.45, 2.75) is 0 Å². The Morgan fingerprint density at radius 3 is 2.46 bits per heavy atom. The van der Waals surface area contributed by atoms with Gasteiger partial charge in [0.25, 0.3) is 17.5 Å². The van der Waals surface area contributed by atoms with Crippen LogP contribution in [0.1, 0.15) is 11.1 Å². The molecule has 0 atom stereocenters. The summed E-state index contributed by atoms with van der Waals surface area (Å²) in [6.45, 7) is 0. The Morgan fingerprint density at radius 1 is 1.05 bits per heavy atom. The minimum Gasteiger partial charge on any atom is -0.422 e. The second-order valence-corrected chi connectivity index (χ2v) is 10.9. The molecule has 0 bridgehead atoms. The molecule has 0 aromatic heterocycles. The quantitative estimate of drug-likeness (QED) is 0.0618. The Kier molecular flexibility index (Phi) is 8.72. The number of esters is 1. The summed E-state index contributed by atoms with van der Waals surface area (Å²) >= 11 is 8.74. The van der Waals surface area contributed by atoms with Gasteiger partial charge in [0.2, 0.25) is 0 Å². The summed E-state index contributed by atoms with van der Waals surface area (Å²) in [7, 11) is 0. The number of urea groups is 1. The maximum atomic E-state index is 13.3. The van der Waals surface area contributed by atoms with Crippen LogP contribution in [0.25, 0.3) is 12.2 Å². The summed E-state index contributed by atoms with van der Waals surface area (Å²) < 4.78 is 7.25. The molecule has 1 saturated heterocycles. The van der Waals surface area contributed by atoms with Gasteiger partial charge >= 0.3 is 12.0 Å². The fourth-order valence-electron chi connectivity index (χ4n) is 3.47. The lowest BCUT2D eigenvalue weighted by Gasteiger charge is -2.26. The van der Waals surface area contributed by atoms with E-state index in [-0.39, 0.29) is 28.3 Å². The molecule has 3 aromatic rings. The van der Waals surface area contributed by atoms with E-state index in [4.69, 9.17) is 4.74 Å². The first-order chi connectivity index (χ1) is 18.5. The van der Waals surface area contributed by atoms with Gasteiger partial charge in [-0.3, -0.25) is 25.0 Å². The van der Waals surface area contributed by atoms with E-state index in [0.29, 0.717) is 14.5 Å². The van der Waals surface area contributed by atoms with Gasteiger partial charge in [0.05, 0.1) is 15.1 Å². The number of ether oxygens (including phenoxy) is 1. The third kappa shape index (κ3) is 6.66. The Labute approximate surface area is 251 Å². The van der Waals surface area contributed by atoms with Crippen molar-refractivity contribution in [2.24, 2.45) is 0 Å². The first-order valence-electron chi connectivity index (χ1n) is 10.8. The molecule has 0 unspecified atom stereocenters. The standard InChI is InChI=1S/C26H14Br2IN3O7/c27-16-11-15(12-20-24(34)30-26(36)31(25(20)35)18-7-5-17(29)6-8-18)23(21(28)13-16)39-22(33)9-4-14-2-1-3-19(10-14)32(37)38/h1-13H,(H,30,34,36)/b9-4+,20-12-. The van der Waals surface area contributed by atoms with Gasteiger partial charge in [0.15, 0.2) is 5.75 Å². The van der Waals surface area contributed by atoms with Crippen molar-refractivity contribution >= 4 is 102 Å². The zero-order valence-corrected chi connectivity index (χ0v) is 24.7. The summed E-state index contributed by atoms with van der Waals surface area (Å²) in [5.41, 5.74) is 0.363. The molecule has 0 spiro atoms. The van der Waals surface area contributed by atoms with E-state index in [1.54, 1.807) is 36.4 Å². The first-order valence-corrected chi connectivity index (χ1v) is 13.5. The second-order valence-electron chi connectivity index (χ2n) is 7.85. The highest BCUT2D eigenvalue weighted by molar-refractivity contribution is 14.1. The zero-order valence-electron chi connectivity index (χ0n) is 19.4. The molecule has 10 nitrogen and oxygen atoms in total. The Balaban J connectivity index is 1.66. The molecule has 4 rings (SSSR count). The fourth-order valence-corrected chi connectivity index (χ4v) is 5.17. The van der Waals surface area contributed by atoms with Gasteiger partial charge in [-0.25, -0.2) is 14.5 Å². The van der Waals surface area contributed by atoms with Crippen molar-refractivity contribution in [1.29, 1.82) is 0 Å². The monoisotopic (exact) mass is 765 g/mol. The number of anilines is 1. The van der Waals surface area contributed by atoms with Crippen LogP contribution in [0.3, 0.4) is 0 Å². The van der Waals surface area contributed by atoms with Gasteiger partial charge < -0.3 is 4.74 Å². The van der Waals surface area contributed by atoms with Crippen molar-refractivity contribution < 1.29 is 28.8 Å². The molecule has 1 N–H and O–H groups in total. The van der Waals surface area contributed by atoms with Crippen LogP contribution in [0.5, 0.6) is 5.75 Å². The van der Waals surface area contributed by atoms with E-state index in [0.717, 1.165) is 14.5 Å². The number of nitrogens with zero attached hydrogens (tertiary/aromatic N) is 2. The lowest BCUT2D eigenvalue weighted by molar-refractivity contribution is -0.384. The van der Waals surface area contributed by atoms with Crippen LogP contribution in [-0.4, -0.2) is 28.7 Å². The minimum absolute atomic E-state index is 0.00212. The zero-order chi connectivity index (χ0) is 28.3. The van der Waals surface area contributed by atoms with Crippen molar-refractivity contribution in [1.82, 2.24) is 5.32 Å². The van der Waals surface area contributed by atoms with E-state index in [2.05, 4.69) is 59.8 Å². The van der Waals surface area contributed by atoms with Crippen LogP contribution in [0.2, 0.25) is 0 Å². The number of hydrogen-bond donors (Lipinski definition) is 1. The van der Waals surface area contributed by atoms with Crippen LogP contribution in [0, 0.1) is 13.7 Å². The number of imide groups is 2. The van der Waals surface area contributed by atoms with Crippen LogP contribution in [0.15, 0.2) is 81.3 Å². The number of nitro benzene ring substituents is 1. The van der Waals surface area contributed by atoms with Crippen molar-refractivity contribution in [2.75, 3.05) is 4.90 Å². The van der Waals surface area contributed by atoms with Gasteiger partial charge in [0, 0.05) is 31.8 Å². The third-order valence-electron chi connectivity index (χ3n) is 5.22.